The van der Waals surface area contributed by atoms with Crippen molar-refractivity contribution in [2.75, 3.05) is 5.73 Å². The van der Waals surface area contributed by atoms with E-state index >= 15 is 0 Å². The molecule has 0 saturated heterocycles. The van der Waals surface area contributed by atoms with E-state index in [4.69, 9.17) is 5.73 Å². The molecule has 3 heteroatoms. The lowest BCUT2D eigenvalue weighted by molar-refractivity contribution is 0.478. The summed E-state index contributed by atoms with van der Waals surface area (Å²) in [7, 11) is 0. The molecule has 2 unspecified atom stereocenters. The molecule has 0 spiro atoms. The molecule has 0 bridgehead atoms. The molecule has 0 amide bonds. The normalized spacial score (nSPS) is 15.9. The average molecular weight is 184 g/mol. The van der Waals surface area contributed by atoms with E-state index in [1.54, 1.807) is 11.3 Å². The van der Waals surface area contributed by atoms with Crippen LogP contribution in [0.25, 0.3) is 0 Å². The van der Waals surface area contributed by atoms with Crippen LogP contribution in [0.15, 0.2) is 6.20 Å². The zero-order chi connectivity index (χ0) is 9.14. The maximum Gasteiger partial charge on any atom is 0.180 e. The van der Waals surface area contributed by atoms with Crippen LogP contribution in [0.2, 0.25) is 0 Å². The fourth-order valence-electron chi connectivity index (χ4n) is 1.15. The summed E-state index contributed by atoms with van der Waals surface area (Å²) >= 11 is 1.61. The molecule has 0 radical (unpaired) electrons. The van der Waals surface area contributed by atoms with Crippen molar-refractivity contribution in [1.29, 1.82) is 0 Å². The summed E-state index contributed by atoms with van der Waals surface area (Å²) in [5.41, 5.74) is 5.57. The Bertz CT molecular complexity index is 244. The molecule has 0 saturated carbocycles. The van der Waals surface area contributed by atoms with Gasteiger partial charge in [0.2, 0.25) is 0 Å². The second-order valence-electron chi connectivity index (χ2n) is 3.28. The molecule has 0 aliphatic carbocycles. The molecule has 0 aliphatic rings. The van der Waals surface area contributed by atoms with Gasteiger partial charge in [0.05, 0.1) is 0 Å². The van der Waals surface area contributed by atoms with E-state index in [1.165, 1.54) is 11.3 Å². The summed E-state index contributed by atoms with van der Waals surface area (Å²) < 4.78 is 0. The third-order valence-electron chi connectivity index (χ3n) is 2.49. The smallest absolute Gasteiger partial charge is 0.180 e. The number of nitrogen functional groups attached to an aromatic ring is 1. The van der Waals surface area contributed by atoms with E-state index in [-0.39, 0.29) is 0 Å². The van der Waals surface area contributed by atoms with Crippen molar-refractivity contribution in [3.8, 4) is 0 Å². The summed E-state index contributed by atoms with van der Waals surface area (Å²) in [6, 6.07) is 0. The number of hydrogen-bond donors (Lipinski definition) is 1. The molecular formula is C9H16N2S. The Morgan fingerprint density at radius 2 is 2.25 bits per heavy atom. The van der Waals surface area contributed by atoms with Crippen LogP contribution >= 0.6 is 11.3 Å². The summed E-state index contributed by atoms with van der Waals surface area (Å²) in [6.07, 6.45) is 3.11. The third kappa shape index (κ3) is 1.97. The fourth-order valence-corrected chi connectivity index (χ4v) is 2.02. The molecule has 0 aliphatic heterocycles. The molecule has 2 nitrogen and oxygen atoms in total. The molecule has 2 atom stereocenters. The Morgan fingerprint density at radius 3 is 2.67 bits per heavy atom. The lowest BCUT2D eigenvalue weighted by Gasteiger charge is -2.15. The first-order chi connectivity index (χ1) is 5.65. The van der Waals surface area contributed by atoms with Gasteiger partial charge in [-0.25, -0.2) is 4.98 Å². The van der Waals surface area contributed by atoms with Crippen LogP contribution in [0.4, 0.5) is 5.13 Å². The summed E-state index contributed by atoms with van der Waals surface area (Å²) in [6.45, 7) is 6.72. The monoisotopic (exact) mass is 184 g/mol. The topological polar surface area (TPSA) is 38.9 Å². The maximum atomic E-state index is 5.57. The van der Waals surface area contributed by atoms with Crippen molar-refractivity contribution in [2.45, 2.75) is 33.1 Å². The van der Waals surface area contributed by atoms with Crippen molar-refractivity contribution in [2.24, 2.45) is 5.92 Å². The Balaban J connectivity index is 2.70. The van der Waals surface area contributed by atoms with Crippen LogP contribution < -0.4 is 5.73 Å². The lowest BCUT2D eigenvalue weighted by Crippen LogP contribution is -2.02. The summed E-state index contributed by atoms with van der Waals surface area (Å²) in [4.78, 5) is 5.36. The Labute approximate surface area is 77.8 Å². The fraction of sp³-hybridized carbons (Fsp3) is 0.667. The van der Waals surface area contributed by atoms with Crippen LogP contribution in [0.5, 0.6) is 0 Å². The molecule has 2 N–H and O–H groups in total. The van der Waals surface area contributed by atoms with Crippen LogP contribution in [-0.4, -0.2) is 4.98 Å². The van der Waals surface area contributed by atoms with Gasteiger partial charge in [-0.15, -0.1) is 11.3 Å². The largest absolute Gasteiger partial charge is 0.375 e. The Hall–Kier alpha value is -0.570. The highest BCUT2D eigenvalue weighted by atomic mass is 32.1. The highest BCUT2D eigenvalue weighted by Crippen LogP contribution is 2.30. The van der Waals surface area contributed by atoms with Crippen molar-refractivity contribution < 1.29 is 0 Å². The number of hydrogen-bond acceptors (Lipinski definition) is 3. The third-order valence-corrected chi connectivity index (χ3v) is 3.52. The Kier molecular flexibility index (Phi) is 3.09. The van der Waals surface area contributed by atoms with E-state index in [0.717, 1.165) is 0 Å². The van der Waals surface area contributed by atoms with Crippen molar-refractivity contribution in [3.63, 3.8) is 0 Å². The molecule has 1 rings (SSSR count). The van der Waals surface area contributed by atoms with Gasteiger partial charge in [-0.3, -0.25) is 0 Å². The number of thiazole rings is 1. The molecule has 0 fully saturated rings. The van der Waals surface area contributed by atoms with Crippen molar-refractivity contribution >= 4 is 16.5 Å². The van der Waals surface area contributed by atoms with E-state index < -0.39 is 0 Å². The average Bonchev–Trinajstić information content (AvgIpc) is 2.49. The first kappa shape index (κ1) is 9.52. The van der Waals surface area contributed by atoms with Gasteiger partial charge in [0.1, 0.15) is 0 Å². The molecule has 12 heavy (non-hydrogen) atoms. The van der Waals surface area contributed by atoms with Crippen molar-refractivity contribution in [3.05, 3.63) is 11.1 Å². The number of nitrogens with two attached hydrogens (primary N) is 1. The second kappa shape index (κ2) is 3.90. The maximum absolute atomic E-state index is 5.57. The SMILES string of the molecule is CCC(C)C(C)c1cnc(N)s1. The number of nitrogens with zero attached hydrogens (tertiary/aromatic N) is 1. The van der Waals surface area contributed by atoms with Crippen LogP contribution in [0.3, 0.4) is 0 Å². The van der Waals surface area contributed by atoms with E-state index in [0.29, 0.717) is 17.0 Å². The van der Waals surface area contributed by atoms with Gasteiger partial charge >= 0.3 is 0 Å². The summed E-state index contributed by atoms with van der Waals surface area (Å²) in [5, 5.41) is 0.681. The minimum absolute atomic E-state index is 0.588. The molecule has 1 aromatic rings. The molecule has 1 heterocycles. The second-order valence-corrected chi connectivity index (χ2v) is 4.37. The van der Waals surface area contributed by atoms with Gasteiger partial charge in [-0.2, -0.15) is 0 Å². The highest BCUT2D eigenvalue weighted by Gasteiger charge is 2.14. The van der Waals surface area contributed by atoms with Crippen LogP contribution in [0, 0.1) is 5.92 Å². The van der Waals surface area contributed by atoms with Gasteiger partial charge in [0.25, 0.3) is 0 Å². The van der Waals surface area contributed by atoms with E-state index in [2.05, 4.69) is 25.8 Å². The van der Waals surface area contributed by atoms with E-state index in [1.807, 2.05) is 6.20 Å². The predicted molar refractivity (Wildman–Crippen MR) is 54.4 cm³/mol. The quantitative estimate of drug-likeness (QED) is 0.784. The number of aromatic nitrogens is 1. The first-order valence-corrected chi connectivity index (χ1v) is 5.18. The first-order valence-electron chi connectivity index (χ1n) is 4.36. The lowest BCUT2D eigenvalue weighted by atomic mass is 9.93. The van der Waals surface area contributed by atoms with Gasteiger partial charge in [-0.05, 0) is 11.8 Å². The molecular weight excluding hydrogens is 168 g/mol. The standard InChI is InChI=1S/C9H16N2S/c1-4-6(2)7(3)8-5-11-9(10)12-8/h5-7H,4H2,1-3H3,(H2,10,11). The Morgan fingerprint density at radius 1 is 1.58 bits per heavy atom. The van der Waals surface area contributed by atoms with Crippen LogP contribution in [-0.2, 0) is 0 Å². The van der Waals surface area contributed by atoms with Crippen LogP contribution in [0.1, 0.15) is 38.0 Å². The van der Waals surface area contributed by atoms with Gasteiger partial charge in [-0.1, -0.05) is 27.2 Å². The zero-order valence-electron chi connectivity index (χ0n) is 7.87. The molecule has 1 aromatic heterocycles. The van der Waals surface area contributed by atoms with Gasteiger partial charge < -0.3 is 5.73 Å². The van der Waals surface area contributed by atoms with E-state index in [9.17, 15) is 0 Å². The van der Waals surface area contributed by atoms with Gasteiger partial charge in [0.15, 0.2) is 5.13 Å². The zero-order valence-corrected chi connectivity index (χ0v) is 8.69. The number of anilines is 1. The predicted octanol–water partition coefficient (Wildman–Crippen LogP) is 2.87. The highest BCUT2D eigenvalue weighted by molar-refractivity contribution is 7.15. The minimum atomic E-state index is 0.588. The summed E-state index contributed by atoms with van der Waals surface area (Å²) in [5.74, 6) is 1.30. The van der Waals surface area contributed by atoms with Gasteiger partial charge in [0, 0.05) is 11.1 Å². The molecule has 0 aromatic carbocycles. The molecule has 68 valence electrons. The minimum Gasteiger partial charge on any atom is -0.375 e. The number of rotatable bonds is 3. The van der Waals surface area contributed by atoms with Crippen molar-refractivity contribution in [1.82, 2.24) is 4.98 Å².